The Morgan fingerprint density at radius 3 is 2.89 bits per heavy atom. The van der Waals surface area contributed by atoms with Gasteiger partial charge >= 0.3 is 0 Å². The normalized spacial score (nSPS) is 18.9. The van der Waals surface area contributed by atoms with Gasteiger partial charge in [-0.05, 0) is 24.5 Å². The van der Waals surface area contributed by atoms with E-state index in [-0.39, 0.29) is 6.61 Å². The Bertz CT molecular complexity index is 158. The molecule has 1 aliphatic carbocycles. The van der Waals surface area contributed by atoms with E-state index in [0.717, 1.165) is 23.4 Å². The fourth-order valence-electron chi connectivity index (χ4n) is 0.838. The van der Waals surface area contributed by atoms with Crippen molar-refractivity contribution >= 4 is 11.6 Å². The molecule has 0 radical (unpaired) electrons. The molecule has 1 nitrogen and oxygen atoms in total. The summed E-state index contributed by atoms with van der Waals surface area (Å²) in [5.74, 6) is 0. The highest BCUT2D eigenvalue weighted by Gasteiger charge is 2.00. The third-order valence-electron chi connectivity index (χ3n) is 1.31. The molecule has 0 saturated heterocycles. The first-order chi connectivity index (χ1) is 4.33. The Hall–Kier alpha value is -0.270. The maximum atomic E-state index is 8.64. The van der Waals surface area contributed by atoms with Gasteiger partial charge in [-0.3, -0.25) is 0 Å². The summed E-state index contributed by atoms with van der Waals surface area (Å²) in [5.41, 5.74) is 0.936. The second-order valence-electron chi connectivity index (χ2n) is 2.07. The molecule has 0 aromatic heterocycles. The lowest BCUT2D eigenvalue weighted by atomic mass is 10.1. The molecule has 0 spiro atoms. The van der Waals surface area contributed by atoms with Gasteiger partial charge in [-0.25, -0.2) is 0 Å². The van der Waals surface area contributed by atoms with Gasteiger partial charge in [-0.2, -0.15) is 0 Å². The van der Waals surface area contributed by atoms with Crippen molar-refractivity contribution in [3.8, 4) is 0 Å². The summed E-state index contributed by atoms with van der Waals surface area (Å²) in [5, 5.41) is 9.49. The summed E-state index contributed by atoms with van der Waals surface area (Å²) in [4.78, 5) is 0. The van der Waals surface area contributed by atoms with Crippen LogP contribution in [0.1, 0.15) is 12.8 Å². The molecule has 1 rings (SSSR count). The molecule has 1 aliphatic rings. The summed E-state index contributed by atoms with van der Waals surface area (Å²) in [6, 6.07) is 0. The van der Waals surface area contributed by atoms with Crippen molar-refractivity contribution in [1.82, 2.24) is 0 Å². The third kappa shape index (κ3) is 1.84. The Labute approximate surface area is 59.6 Å². The summed E-state index contributed by atoms with van der Waals surface area (Å²) in [7, 11) is 0. The molecule has 0 fully saturated rings. The molecular weight excluding hydrogens is 136 g/mol. The van der Waals surface area contributed by atoms with Gasteiger partial charge in [0.25, 0.3) is 0 Å². The molecule has 1 N–H and O–H groups in total. The number of hydrogen-bond acceptors (Lipinski definition) is 1. The van der Waals surface area contributed by atoms with Gasteiger partial charge in [0.2, 0.25) is 0 Å². The predicted octanol–water partition coefficient (Wildman–Crippen LogP) is 1.82. The van der Waals surface area contributed by atoms with E-state index >= 15 is 0 Å². The summed E-state index contributed by atoms with van der Waals surface area (Å²) >= 11 is 5.70. The topological polar surface area (TPSA) is 20.2 Å². The van der Waals surface area contributed by atoms with Crippen LogP contribution in [0.25, 0.3) is 0 Å². The first kappa shape index (κ1) is 6.84. The Kier molecular flexibility index (Phi) is 2.31. The van der Waals surface area contributed by atoms with Gasteiger partial charge in [0.1, 0.15) is 0 Å². The van der Waals surface area contributed by atoms with Crippen LogP contribution in [-0.2, 0) is 0 Å². The molecule has 0 aliphatic heterocycles. The van der Waals surface area contributed by atoms with Crippen molar-refractivity contribution in [2.75, 3.05) is 6.61 Å². The van der Waals surface area contributed by atoms with Crippen molar-refractivity contribution < 1.29 is 5.11 Å². The fourth-order valence-corrected chi connectivity index (χ4v) is 1.09. The largest absolute Gasteiger partial charge is 0.392 e. The van der Waals surface area contributed by atoms with E-state index < -0.39 is 0 Å². The van der Waals surface area contributed by atoms with E-state index in [0.29, 0.717) is 0 Å². The highest BCUT2D eigenvalue weighted by molar-refractivity contribution is 6.29. The molecule has 9 heavy (non-hydrogen) atoms. The van der Waals surface area contributed by atoms with E-state index in [1.54, 1.807) is 0 Å². The zero-order chi connectivity index (χ0) is 6.69. The number of hydrogen-bond donors (Lipinski definition) is 1. The number of allylic oxidation sites excluding steroid dienone is 2. The van der Waals surface area contributed by atoms with Crippen LogP contribution in [-0.4, -0.2) is 11.7 Å². The second kappa shape index (κ2) is 3.04. The SMILES string of the molecule is OCC1=CCCC(Cl)=C1. The average Bonchev–Trinajstić information content (AvgIpc) is 1.88. The lowest BCUT2D eigenvalue weighted by Crippen LogP contribution is -1.91. The Balaban J connectivity index is 2.63. The van der Waals surface area contributed by atoms with Crippen LogP contribution in [0.2, 0.25) is 0 Å². The summed E-state index contributed by atoms with van der Waals surface area (Å²) < 4.78 is 0. The first-order valence-electron chi connectivity index (χ1n) is 2.99. The van der Waals surface area contributed by atoms with E-state index in [2.05, 4.69) is 0 Å². The van der Waals surface area contributed by atoms with Crippen LogP contribution in [0.4, 0.5) is 0 Å². The second-order valence-corrected chi connectivity index (χ2v) is 2.55. The van der Waals surface area contributed by atoms with Crippen LogP contribution in [0.15, 0.2) is 22.8 Å². The van der Waals surface area contributed by atoms with Crippen LogP contribution in [0, 0.1) is 0 Å². The van der Waals surface area contributed by atoms with Crippen LogP contribution in [0.5, 0.6) is 0 Å². The van der Waals surface area contributed by atoms with Gasteiger partial charge in [-0.1, -0.05) is 17.7 Å². The van der Waals surface area contributed by atoms with Crippen molar-refractivity contribution in [2.24, 2.45) is 0 Å². The standard InChI is InChI=1S/C7H9ClO/c8-7-3-1-2-6(4-7)5-9/h2,4,9H,1,3,5H2. The van der Waals surface area contributed by atoms with E-state index in [1.165, 1.54) is 0 Å². The number of halogens is 1. The van der Waals surface area contributed by atoms with Crippen LogP contribution in [0.3, 0.4) is 0 Å². The van der Waals surface area contributed by atoms with Crippen molar-refractivity contribution in [1.29, 1.82) is 0 Å². The molecule has 50 valence electrons. The first-order valence-corrected chi connectivity index (χ1v) is 3.36. The number of aliphatic hydroxyl groups is 1. The van der Waals surface area contributed by atoms with Crippen molar-refractivity contribution in [3.63, 3.8) is 0 Å². The Morgan fingerprint density at radius 2 is 2.44 bits per heavy atom. The maximum Gasteiger partial charge on any atom is 0.0679 e. The van der Waals surface area contributed by atoms with Gasteiger partial charge in [0.05, 0.1) is 6.61 Å². The van der Waals surface area contributed by atoms with Gasteiger partial charge in [-0.15, -0.1) is 0 Å². The van der Waals surface area contributed by atoms with Crippen molar-refractivity contribution in [2.45, 2.75) is 12.8 Å². The number of rotatable bonds is 1. The zero-order valence-corrected chi connectivity index (χ0v) is 5.86. The molecule has 0 bridgehead atoms. The van der Waals surface area contributed by atoms with Gasteiger partial charge in [0.15, 0.2) is 0 Å². The quantitative estimate of drug-likeness (QED) is 0.595. The predicted molar refractivity (Wildman–Crippen MR) is 38.3 cm³/mol. The summed E-state index contributed by atoms with van der Waals surface area (Å²) in [6.45, 7) is 0.107. The smallest absolute Gasteiger partial charge is 0.0679 e. The van der Waals surface area contributed by atoms with Crippen LogP contribution >= 0.6 is 11.6 Å². The van der Waals surface area contributed by atoms with E-state index in [9.17, 15) is 0 Å². The molecule has 0 saturated carbocycles. The lowest BCUT2D eigenvalue weighted by Gasteiger charge is -2.05. The molecule has 0 atom stereocenters. The molecule has 0 aromatic rings. The van der Waals surface area contributed by atoms with Gasteiger partial charge in [0, 0.05) is 5.03 Å². The third-order valence-corrected chi connectivity index (χ3v) is 1.61. The molecule has 0 unspecified atom stereocenters. The van der Waals surface area contributed by atoms with E-state index in [4.69, 9.17) is 16.7 Å². The molecule has 0 aromatic carbocycles. The van der Waals surface area contributed by atoms with Gasteiger partial charge < -0.3 is 5.11 Å². The van der Waals surface area contributed by atoms with Crippen LogP contribution < -0.4 is 0 Å². The summed E-state index contributed by atoms with van der Waals surface area (Å²) in [6.07, 6.45) is 5.72. The minimum Gasteiger partial charge on any atom is -0.392 e. The fraction of sp³-hybridized carbons (Fsp3) is 0.429. The lowest BCUT2D eigenvalue weighted by molar-refractivity contribution is 0.334. The molecule has 0 heterocycles. The molecule has 0 amide bonds. The molecular formula is C7H9ClO. The highest BCUT2D eigenvalue weighted by atomic mass is 35.5. The maximum absolute atomic E-state index is 8.64. The zero-order valence-electron chi connectivity index (χ0n) is 5.10. The highest BCUT2D eigenvalue weighted by Crippen LogP contribution is 2.19. The minimum atomic E-state index is 0.107. The average molecular weight is 145 g/mol. The van der Waals surface area contributed by atoms with Crippen molar-refractivity contribution in [3.05, 3.63) is 22.8 Å². The number of aliphatic hydroxyl groups excluding tert-OH is 1. The Morgan fingerprint density at radius 1 is 1.67 bits per heavy atom. The van der Waals surface area contributed by atoms with E-state index in [1.807, 2.05) is 12.2 Å². The molecule has 2 heteroatoms. The minimum absolute atomic E-state index is 0.107. The monoisotopic (exact) mass is 144 g/mol.